The largest absolute Gasteiger partial charge is 0.369 e. The second-order valence-electron chi connectivity index (χ2n) is 8.76. The minimum absolute atomic E-state index is 0.129. The summed E-state index contributed by atoms with van der Waals surface area (Å²) in [6, 6.07) is 8.19. The standard InChI is InChI=1S/C25H33N5O2/c1-5-30(20-8-6-19(27)7-9-20)23-12-18(13-26)11-21(17(23)4)24(31)28-14-22-15(2)10-16(3)29-25(22)32/h10-12,19-20H,5-9,14,27H2,1-4H3,(H,28,31)(H,29,32)/t19-,20-. The molecule has 1 fully saturated rings. The van der Waals surface area contributed by atoms with Crippen molar-refractivity contribution >= 4 is 11.6 Å². The number of nitrogens with zero attached hydrogens (tertiary/aromatic N) is 2. The summed E-state index contributed by atoms with van der Waals surface area (Å²) < 4.78 is 0. The fraction of sp³-hybridized carbons (Fsp3) is 0.480. The fourth-order valence-corrected chi connectivity index (χ4v) is 4.70. The number of hydrogen-bond donors (Lipinski definition) is 3. The molecule has 1 aromatic carbocycles. The highest BCUT2D eigenvalue weighted by atomic mass is 16.1. The average Bonchev–Trinajstić information content (AvgIpc) is 2.75. The van der Waals surface area contributed by atoms with E-state index in [2.05, 4.69) is 28.2 Å². The Labute approximate surface area is 189 Å². The summed E-state index contributed by atoms with van der Waals surface area (Å²) in [6.45, 7) is 8.62. The summed E-state index contributed by atoms with van der Waals surface area (Å²) in [5.41, 5.74) is 10.7. The van der Waals surface area contributed by atoms with Gasteiger partial charge < -0.3 is 20.9 Å². The number of hydrogen-bond acceptors (Lipinski definition) is 5. The van der Waals surface area contributed by atoms with Crippen molar-refractivity contribution in [2.75, 3.05) is 11.4 Å². The quantitative estimate of drug-likeness (QED) is 0.644. The molecule has 0 unspecified atom stereocenters. The van der Waals surface area contributed by atoms with Crippen LogP contribution in [0, 0.1) is 32.1 Å². The van der Waals surface area contributed by atoms with Crippen LogP contribution >= 0.6 is 0 Å². The van der Waals surface area contributed by atoms with Crippen LogP contribution in [0.3, 0.4) is 0 Å². The number of nitrogens with one attached hydrogen (secondary N) is 2. The molecule has 0 aliphatic heterocycles. The molecular formula is C25H33N5O2. The van der Waals surface area contributed by atoms with E-state index in [0.29, 0.717) is 22.7 Å². The number of carbonyl (C=O) groups excluding carboxylic acids is 1. The summed E-state index contributed by atoms with van der Waals surface area (Å²) in [5, 5.41) is 12.5. The molecule has 1 aliphatic carbocycles. The molecule has 0 saturated heterocycles. The van der Waals surface area contributed by atoms with Crippen LogP contribution in [0.15, 0.2) is 23.0 Å². The van der Waals surface area contributed by atoms with Crippen LogP contribution in [-0.4, -0.2) is 29.5 Å². The summed E-state index contributed by atoms with van der Waals surface area (Å²) in [4.78, 5) is 30.5. The minimum Gasteiger partial charge on any atom is -0.369 e. The van der Waals surface area contributed by atoms with Crippen LogP contribution < -0.4 is 21.5 Å². The molecule has 1 aromatic heterocycles. The van der Waals surface area contributed by atoms with Crippen molar-refractivity contribution in [3.05, 3.63) is 62.1 Å². The first-order valence-corrected chi connectivity index (χ1v) is 11.3. The molecule has 1 amide bonds. The maximum absolute atomic E-state index is 13.1. The molecule has 0 spiro atoms. The third-order valence-corrected chi connectivity index (χ3v) is 6.51. The lowest BCUT2D eigenvalue weighted by molar-refractivity contribution is 0.0950. The van der Waals surface area contributed by atoms with Gasteiger partial charge in [0.1, 0.15) is 0 Å². The Morgan fingerprint density at radius 1 is 1.22 bits per heavy atom. The van der Waals surface area contributed by atoms with Crippen molar-refractivity contribution in [3.8, 4) is 6.07 Å². The molecule has 32 heavy (non-hydrogen) atoms. The Morgan fingerprint density at radius 2 is 1.91 bits per heavy atom. The van der Waals surface area contributed by atoms with E-state index in [1.165, 1.54) is 0 Å². The van der Waals surface area contributed by atoms with Crippen molar-refractivity contribution in [1.82, 2.24) is 10.3 Å². The second kappa shape index (κ2) is 10.0. The zero-order chi connectivity index (χ0) is 23.4. The van der Waals surface area contributed by atoms with Crippen molar-refractivity contribution in [2.45, 2.75) is 72.0 Å². The van der Waals surface area contributed by atoms with Gasteiger partial charge >= 0.3 is 0 Å². The highest BCUT2D eigenvalue weighted by Gasteiger charge is 2.26. The van der Waals surface area contributed by atoms with Gasteiger partial charge in [0.2, 0.25) is 0 Å². The van der Waals surface area contributed by atoms with Gasteiger partial charge in [0.15, 0.2) is 0 Å². The highest BCUT2D eigenvalue weighted by Crippen LogP contribution is 2.31. The number of pyridine rings is 1. The van der Waals surface area contributed by atoms with Gasteiger partial charge in [-0.2, -0.15) is 5.26 Å². The molecule has 7 heteroatoms. The molecule has 7 nitrogen and oxygen atoms in total. The number of H-pyrrole nitrogens is 1. The van der Waals surface area contributed by atoms with Gasteiger partial charge in [-0.15, -0.1) is 0 Å². The third kappa shape index (κ3) is 5.03. The molecule has 1 saturated carbocycles. The molecule has 0 radical (unpaired) electrons. The topological polar surface area (TPSA) is 115 Å². The molecular weight excluding hydrogens is 402 g/mol. The Bertz CT molecular complexity index is 1090. The molecule has 170 valence electrons. The van der Waals surface area contributed by atoms with Crippen LogP contribution in [0.4, 0.5) is 5.69 Å². The van der Waals surface area contributed by atoms with Crippen molar-refractivity contribution in [1.29, 1.82) is 5.26 Å². The Morgan fingerprint density at radius 3 is 2.50 bits per heavy atom. The SMILES string of the molecule is CCN(c1cc(C#N)cc(C(=O)NCc2c(C)cc(C)[nH]c2=O)c1C)[C@H]1CC[C@H](N)CC1. The lowest BCUT2D eigenvalue weighted by atomic mass is 9.89. The maximum atomic E-state index is 13.1. The smallest absolute Gasteiger partial charge is 0.253 e. The zero-order valence-corrected chi connectivity index (χ0v) is 19.4. The minimum atomic E-state index is -0.290. The van der Waals surface area contributed by atoms with Crippen molar-refractivity contribution in [2.24, 2.45) is 5.73 Å². The number of carbonyl (C=O) groups is 1. The molecule has 2 aromatic rings. The van der Waals surface area contributed by atoms with E-state index in [4.69, 9.17) is 5.73 Å². The van der Waals surface area contributed by atoms with E-state index in [0.717, 1.165) is 54.7 Å². The van der Waals surface area contributed by atoms with Crippen molar-refractivity contribution < 1.29 is 4.79 Å². The number of anilines is 1. The van der Waals surface area contributed by atoms with Gasteiger partial charge in [-0.3, -0.25) is 9.59 Å². The predicted octanol–water partition coefficient (Wildman–Crippen LogP) is 3.20. The van der Waals surface area contributed by atoms with Gasteiger partial charge in [0.05, 0.1) is 11.6 Å². The highest BCUT2D eigenvalue weighted by molar-refractivity contribution is 5.97. The number of aromatic amines is 1. The van der Waals surface area contributed by atoms with Crippen LogP contribution in [0.5, 0.6) is 0 Å². The first-order valence-electron chi connectivity index (χ1n) is 11.3. The zero-order valence-electron chi connectivity index (χ0n) is 19.4. The Balaban J connectivity index is 1.89. The monoisotopic (exact) mass is 435 g/mol. The summed E-state index contributed by atoms with van der Waals surface area (Å²) >= 11 is 0. The lowest BCUT2D eigenvalue weighted by Gasteiger charge is -2.38. The number of aromatic nitrogens is 1. The van der Waals surface area contributed by atoms with Crippen LogP contribution in [-0.2, 0) is 6.54 Å². The maximum Gasteiger partial charge on any atom is 0.253 e. The fourth-order valence-electron chi connectivity index (χ4n) is 4.70. The first-order chi connectivity index (χ1) is 15.2. The van der Waals surface area contributed by atoms with Gasteiger partial charge in [-0.1, -0.05) is 0 Å². The van der Waals surface area contributed by atoms with E-state index < -0.39 is 0 Å². The van der Waals surface area contributed by atoms with Crippen molar-refractivity contribution in [3.63, 3.8) is 0 Å². The van der Waals surface area contributed by atoms with E-state index in [-0.39, 0.29) is 24.1 Å². The number of rotatable bonds is 6. The van der Waals surface area contributed by atoms with Crippen LogP contribution in [0.2, 0.25) is 0 Å². The number of nitrogens with two attached hydrogens (primary N) is 1. The predicted molar refractivity (Wildman–Crippen MR) is 127 cm³/mol. The van der Waals surface area contributed by atoms with Crippen LogP contribution in [0.25, 0.3) is 0 Å². The second-order valence-corrected chi connectivity index (χ2v) is 8.76. The van der Waals surface area contributed by atoms with E-state index >= 15 is 0 Å². The molecule has 1 heterocycles. The molecule has 4 N–H and O–H groups in total. The third-order valence-electron chi connectivity index (χ3n) is 6.51. The molecule has 0 bridgehead atoms. The number of amides is 1. The summed E-state index contributed by atoms with van der Waals surface area (Å²) in [7, 11) is 0. The Kier molecular flexibility index (Phi) is 7.37. The summed E-state index contributed by atoms with van der Waals surface area (Å²) in [6.07, 6.45) is 3.97. The van der Waals surface area contributed by atoms with E-state index in [9.17, 15) is 14.9 Å². The van der Waals surface area contributed by atoms with Gasteiger partial charge in [0.25, 0.3) is 11.5 Å². The number of nitriles is 1. The molecule has 3 rings (SSSR count). The lowest BCUT2D eigenvalue weighted by Crippen LogP contribution is -2.41. The van der Waals surface area contributed by atoms with Crippen LogP contribution in [0.1, 0.15) is 70.9 Å². The van der Waals surface area contributed by atoms with Gasteiger partial charge in [-0.25, -0.2) is 0 Å². The summed E-state index contributed by atoms with van der Waals surface area (Å²) in [5.74, 6) is -0.290. The average molecular weight is 436 g/mol. The molecule has 1 aliphatic rings. The number of aryl methyl sites for hydroxylation is 2. The van der Waals surface area contributed by atoms with Gasteiger partial charge in [-0.05, 0) is 82.7 Å². The van der Waals surface area contributed by atoms with E-state index in [1.54, 1.807) is 6.07 Å². The Hall–Kier alpha value is -3.11. The van der Waals surface area contributed by atoms with E-state index in [1.807, 2.05) is 32.9 Å². The van der Waals surface area contributed by atoms with Gasteiger partial charge in [0, 0.05) is 47.7 Å². The number of benzene rings is 1. The normalized spacial score (nSPS) is 18.1. The first kappa shape index (κ1) is 23.6. The molecule has 0 atom stereocenters.